The zero-order valence-corrected chi connectivity index (χ0v) is 7.62. The van der Waals surface area contributed by atoms with E-state index in [0.29, 0.717) is 0 Å². The molecule has 2 heteroatoms. The van der Waals surface area contributed by atoms with E-state index in [1.54, 1.807) is 0 Å². The highest BCUT2D eigenvalue weighted by atomic mass is 15.4. The fourth-order valence-corrected chi connectivity index (χ4v) is 1.49. The zero-order valence-electron chi connectivity index (χ0n) is 7.62. The van der Waals surface area contributed by atoms with Crippen LogP contribution in [0.25, 0.3) is 0 Å². The molecule has 1 unspecified atom stereocenters. The molecular formula is C9H17N2+. The summed E-state index contributed by atoms with van der Waals surface area (Å²) >= 11 is 0. The van der Waals surface area contributed by atoms with E-state index in [0.717, 1.165) is 23.5 Å². The molecule has 0 aromatic rings. The number of hydrogen-bond acceptors (Lipinski definition) is 1. The molecule has 0 aliphatic carbocycles. The van der Waals surface area contributed by atoms with Crippen molar-refractivity contribution >= 4 is 6.34 Å². The van der Waals surface area contributed by atoms with Crippen LogP contribution in [0.2, 0.25) is 0 Å². The SMILES string of the molecule is CC[N+]1(CC(C)C)C=CN=C1. The van der Waals surface area contributed by atoms with Crippen LogP contribution in [-0.2, 0) is 0 Å². The van der Waals surface area contributed by atoms with E-state index >= 15 is 0 Å². The molecule has 11 heavy (non-hydrogen) atoms. The Bertz CT molecular complexity index is 168. The second kappa shape index (κ2) is 3.18. The number of rotatable bonds is 3. The molecule has 1 rings (SSSR count). The second-order valence-corrected chi connectivity index (χ2v) is 3.56. The second-order valence-electron chi connectivity index (χ2n) is 3.56. The van der Waals surface area contributed by atoms with Gasteiger partial charge in [-0.2, -0.15) is 0 Å². The highest BCUT2D eigenvalue weighted by molar-refractivity contribution is 5.50. The maximum Gasteiger partial charge on any atom is 0.194 e. The average molecular weight is 153 g/mol. The predicted molar refractivity (Wildman–Crippen MR) is 48.1 cm³/mol. The maximum absolute atomic E-state index is 4.13. The minimum atomic E-state index is 0.726. The number of quaternary nitrogens is 1. The molecule has 1 aliphatic heterocycles. The first kappa shape index (κ1) is 8.47. The first-order valence-electron chi connectivity index (χ1n) is 4.27. The minimum absolute atomic E-state index is 0.726. The molecular weight excluding hydrogens is 136 g/mol. The van der Waals surface area contributed by atoms with Gasteiger partial charge in [-0.3, -0.25) is 4.48 Å². The largest absolute Gasteiger partial charge is 0.254 e. The summed E-state index contributed by atoms with van der Waals surface area (Å²) in [7, 11) is 0. The molecule has 0 spiro atoms. The first-order chi connectivity index (χ1) is 5.18. The molecule has 0 saturated heterocycles. The van der Waals surface area contributed by atoms with E-state index in [9.17, 15) is 0 Å². The van der Waals surface area contributed by atoms with Crippen molar-refractivity contribution in [2.24, 2.45) is 10.9 Å². The van der Waals surface area contributed by atoms with Gasteiger partial charge in [-0.05, 0) is 6.92 Å². The Hall–Kier alpha value is -0.630. The van der Waals surface area contributed by atoms with Gasteiger partial charge < -0.3 is 0 Å². The van der Waals surface area contributed by atoms with E-state index in [1.807, 2.05) is 12.5 Å². The molecule has 2 nitrogen and oxygen atoms in total. The van der Waals surface area contributed by atoms with Gasteiger partial charge in [0.05, 0.1) is 19.3 Å². The predicted octanol–water partition coefficient (Wildman–Crippen LogP) is 1.99. The van der Waals surface area contributed by atoms with Crippen LogP contribution in [0.15, 0.2) is 17.4 Å². The summed E-state index contributed by atoms with van der Waals surface area (Å²) in [6.45, 7) is 8.96. The van der Waals surface area contributed by atoms with Gasteiger partial charge in [-0.25, -0.2) is 4.99 Å². The summed E-state index contributed by atoms with van der Waals surface area (Å²) in [6, 6.07) is 0. The van der Waals surface area contributed by atoms with Crippen LogP contribution in [-0.4, -0.2) is 23.9 Å². The van der Waals surface area contributed by atoms with E-state index < -0.39 is 0 Å². The average Bonchev–Trinajstić information content (AvgIpc) is 2.36. The Kier molecular flexibility index (Phi) is 2.45. The van der Waals surface area contributed by atoms with Gasteiger partial charge in [0.1, 0.15) is 6.20 Å². The quantitative estimate of drug-likeness (QED) is 0.550. The van der Waals surface area contributed by atoms with Gasteiger partial charge in [-0.1, -0.05) is 13.8 Å². The zero-order chi connectivity index (χ0) is 8.32. The monoisotopic (exact) mass is 153 g/mol. The van der Waals surface area contributed by atoms with Gasteiger partial charge in [0.25, 0.3) is 0 Å². The van der Waals surface area contributed by atoms with Crippen molar-refractivity contribution in [3.8, 4) is 0 Å². The minimum Gasteiger partial charge on any atom is -0.254 e. The Morgan fingerprint density at radius 3 is 2.55 bits per heavy atom. The van der Waals surface area contributed by atoms with Crippen molar-refractivity contribution in [3.05, 3.63) is 12.4 Å². The van der Waals surface area contributed by atoms with Crippen molar-refractivity contribution < 1.29 is 4.48 Å². The Morgan fingerprint density at radius 2 is 2.18 bits per heavy atom. The highest BCUT2D eigenvalue weighted by Crippen LogP contribution is 2.13. The van der Waals surface area contributed by atoms with Gasteiger partial charge in [0.2, 0.25) is 0 Å². The van der Waals surface area contributed by atoms with Crippen LogP contribution in [0.5, 0.6) is 0 Å². The molecule has 62 valence electrons. The lowest BCUT2D eigenvalue weighted by atomic mass is 10.2. The standard InChI is InChI=1S/C9H17N2/c1-4-11(7-9(2)3)6-5-10-8-11/h5-6,8-9H,4,7H2,1-3H3/q+1. The van der Waals surface area contributed by atoms with Crippen LogP contribution in [0, 0.1) is 5.92 Å². The van der Waals surface area contributed by atoms with Crippen molar-refractivity contribution in [2.45, 2.75) is 20.8 Å². The van der Waals surface area contributed by atoms with Crippen LogP contribution in [0.4, 0.5) is 0 Å². The van der Waals surface area contributed by atoms with Gasteiger partial charge in [0.15, 0.2) is 6.34 Å². The highest BCUT2D eigenvalue weighted by Gasteiger charge is 2.24. The van der Waals surface area contributed by atoms with E-state index in [4.69, 9.17) is 0 Å². The van der Waals surface area contributed by atoms with E-state index in [1.165, 1.54) is 0 Å². The van der Waals surface area contributed by atoms with Crippen LogP contribution >= 0.6 is 0 Å². The van der Waals surface area contributed by atoms with Crippen molar-refractivity contribution in [2.75, 3.05) is 13.1 Å². The molecule has 1 aliphatic rings. The van der Waals surface area contributed by atoms with E-state index in [2.05, 4.69) is 32.0 Å². The van der Waals surface area contributed by atoms with Gasteiger partial charge in [0, 0.05) is 5.92 Å². The fourth-order valence-electron chi connectivity index (χ4n) is 1.49. The molecule has 1 atom stereocenters. The number of nitrogens with zero attached hydrogens (tertiary/aromatic N) is 2. The third-order valence-corrected chi connectivity index (χ3v) is 2.04. The van der Waals surface area contributed by atoms with Gasteiger partial charge in [-0.15, -0.1) is 0 Å². The lowest BCUT2D eigenvalue weighted by molar-refractivity contribution is -0.780. The van der Waals surface area contributed by atoms with Crippen LogP contribution < -0.4 is 0 Å². The summed E-state index contributed by atoms with van der Waals surface area (Å²) < 4.78 is 0.928. The van der Waals surface area contributed by atoms with Crippen molar-refractivity contribution in [1.29, 1.82) is 0 Å². The smallest absolute Gasteiger partial charge is 0.194 e. The lowest BCUT2D eigenvalue weighted by Crippen LogP contribution is -2.42. The third kappa shape index (κ3) is 1.90. The van der Waals surface area contributed by atoms with E-state index in [-0.39, 0.29) is 0 Å². The maximum atomic E-state index is 4.13. The Labute approximate surface area is 68.8 Å². The summed E-state index contributed by atoms with van der Waals surface area (Å²) in [5.74, 6) is 0.726. The molecule has 0 radical (unpaired) electrons. The summed E-state index contributed by atoms with van der Waals surface area (Å²) in [4.78, 5) is 4.13. The first-order valence-corrected chi connectivity index (χ1v) is 4.27. The molecule has 0 aromatic heterocycles. The molecule has 0 bridgehead atoms. The number of aliphatic imine (C=N–C) groups is 1. The van der Waals surface area contributed by atoms with Gasteiger partial charge >= 0.3 is 0 Å². The molecule has 0 fully saturated rings. The normalized spacial score (nSPS) is 28.7. The molecule has 0 aromatic carbocycles. The molecule has 1 heterocycles. The van der Waals surface area contributed by atoms with Crippen LogP contribution in [0.1, 0.15) is 20.8 Å². The summed E-state index contributed by atoms with van der Waals surface area (Å²) in [5.41, 5.74) is 0. The molecule has 0 amide bonds. The third-order valence-electron chi connectivity index (χ3n) is 2.04. The summed E-state index contributed by atoms with van der Waals surface area (Å²) in [5, 5.41) is 0. The molecule has 0 N–H and O–H groups in total. The molecule has 0 saturated carbocycles. The summed E-state index contributed by atoms with van der Waals surface area (Å²) in [6.07, 6.45) is 6.09. The van der Waals surface area contributed by atoms with Crippen molar-refractivity contribution in [3.63, 3.8) is 0 Å². The lowest BCUT2D eigenvalue weighted by Gasteiger charge is -2.27. The Morgan fingerprint density at radius 1 is 1.45 bits per heavy atom. The van der Waals surface area contributed by atoms with Crippen molar-refractivity contribution in [1.82, 2.24) is 0 Å². The van der Waals surface area contributed by atoms with Crippen LogP contribution in [0.3, 0.4) is 0 Å². The fraction of sp³-hybridized carbons (Fsp3) is 0.667. The number of hydrogen-bond donors (Lipinski definition) is 0. The topological polar surface area (TPSA) is 12.4 Å². The Balaban J connectivity index is 2.62.